The summed E-state index contributed by atoms with van der Waals surface area (Å²) in [6.45, 7) is 5.68. The lowest BCUT2D eigenvalue weighted by molar-refractivity contribution is 0.0551. The van der Waals surface area contributed by atoms with Crippen LogP contribution in [0.4, 0.5) is 4.79 Å². The quantitative estimate of drug-likeness (QED) is 0.191. The Morgan fingerprint density at radius 2 is 1.35 bits per heavy atom. The maximum atomic E-state index is 13.3. The van der Waals surface area contributed by atoms with Crippen molar-refractivity contribution in [2.45, 2.75) is 26.4 Å². The number of hydrogen-bond donors (Lipinski definition) is 0. The van der Waals surface area contributed by atoms with Crippen LogP contribution >= 0.6 is 22.6 Å². The van der Waals surface area contributed by atoms with E-state index in [9.17, 15) is 4.79 Å². The first-order valence-corrected chi connectivity index (χ1v) is 12.4. The minimum absolute atomic E-state index is 0.360. The van der Waals surface area contributed by atoms with Gasteiger partial charge in [-0.2, -0.15) is 0 Å². The SMILES string of the molecule is CC(C)(C)OC(=O)n1c2ccc(-n3c4ccccc4c4ccccc43)cc2c2cccc(I)c21. The molecule has 0 aliphatic carbocycles. The van der Waals surface area contributed by atoms with Gasteiger partial charge in [-0.05, 0) is 79.8 Å². The molecule has 0 aliphatic heterocycles. The van der Waals surface area contributed by atoms with E-state index in [0.717, 1.165) is 42.1 Å². The second-order valence-electron chi connectivity index (χ2n) is 9.52. The number of para-hydroxylation sites is 3. The third-order valence-electron chi connectivity index (χ3n) is 6.14. The average molecular weight is 558 g/mol. The van der Waals surface area contributed by atoms with Crippen molar-refractivity contribution in [3.05, 3.63) is 88.5 Å². The van der Waals surface area contributed by atoms with Gasteiger partial charge in [0.25, 0.3) is 0 Å². The minimum atomic E-state index is -0.580. The van der Waals surface area contributed by atoms with Crippen LogP contribution in [0.5, 0.6) is 0 Å². The van der Waals surface area contributed by atoms with Crippen molar-refractivity contribution in [3.8, 4) is 5.69 Å². The molecular formula is C29H23IN2O2. The van der Waals surface area contributed by atoms with Crippen LogP contribution in [0, 0.1) is 3.57 Å². The Kier molecular flexibility index (Phi) is 4.74. The molecule has 0 bridgehead atoms. The molecule has 0 unspecified atom stereocenters. The summed E-state index contributed by atoms with van der Waals surface area (Å²) < 4.78 is 10.8. The van der Waals surface area contributed by atoms with E-state index in [0.29, 0.717) is 0 Å². The predicted octanol–water partition coefficient (Wildman–Crippen LogP) is 8.28. The van der Waals surface area contributed by atoms with E-state index < -0.39 is 5.60 Å². The first kappa shape index (κ1) is 21.2. The molecule has 2 heterocycles. The maximum Gasteiger partial charge on any atom is 0.419 e. The van der Waals surface area contributed by atoms with Gasteiger partial charge in [0, 0.05) is 30.8 Å². The molecule has 0 spiro atoms. The van der Waals surface area contributed by atoms with Crippen LogP contribution in [0.15, 0.2) is 84.9 Å². The lowest BCUT2D eigenvalue weighted by Gasteiger charge is -2.20. The van der Waals surface area contributed by atoms with E-state index in [1.165, 1.54) is 10.8 Å². The average Bonchev–Trinajstić information content (AvgIpc) is 3.32. The van der Waals surface area contributed by atoms with Gasteiger partial charge in [-0.25, -0.2) is 9.36 Å². The highest BCUT2D eigenvalue weighted by atomic mass is 127. The topological polar surface area (TPSA) is 36.2 Å². The van der Waals surface area contributed by atoms with Crippen LogP contribution in [-0.4, -0.2) is 20.8 Å². The van der Waals surface area contributed by atoms with Crippen LogP contribution in [0.25, 0.3) is 49.3 Å². The number of halogens is 1. The zero-order valence-corrected chi connectivity index (χ0v) is 21.3. The third-order valence-corrected chi connectivity index (χ3v) is 7.01. The molecule has 4 aromatic carbocycles. The fraction of sp³-hybridized carbons (Fsp3) is 0.138. The first-order valence-electron chi connectivity index (χ1n) is 11.3. The number of carbonyl (C=O) groups is 1. The standard InChI is InChI=1S/C29H23IN2O2/c1-29(2,3)34-28(33)32-26-16-15-18(17-22(26)21-11-8-12-23(30)27(21)32)31-24-13-6-4-9-19(24)20-10-5-7-14-25(20)31/h4-17H,1-3H3. The molecule has 0 saturated heterocycles. The van der Waals surface area contributed by atoms with Gasteiger partial charge >= 0.3 is 6.09 Å². The molecule has 34 heavy (non-hydrogen) atoms. The van der Waals surface area contributed by atoms with Gasteiger partial charge in [0.1, 0.15) is 5.60 Å². The molecule has 168 valence electrons. The lowest BCUT2D eigenvalue weighted by Crippen LogP contribution is -2.27. The van der Waals surface area contributed by atoms with Crippen LogP contribution in [-0.2, 0) is 4.74 Å². The van der Waals surface area contributed by atoms with E-state index in [2.05, 4.69) is 93.9 Å². The molecule has 2 aromatic heterocycles. The normalized spacial score (nSPS) is 12.2. The van der Waals surface area contributed by atoms with Crippen LogP contribution in [0.2, 0.25) is 0 Å². The number of aromatic nitrogens is 2. The van der Waals surface area contributed by atoms with Crippen molar-refractivity contribution in [1.29, 1.82) is 0 Å². The van der Waals surface area contributed by atoms with E-state index in [1.807, 2.05) is 39.0 Å². The van der Waals surface area contributed by atoms with Gasteiger partial charge in [-0.1, -0.05) is 48.5 Å². The highest BCUT2D eigenvalue weighted by Gasteiger charge is 2.24. The van der Waals surface area contributed by atoms with Gasteiger partial charge < -0.3 is 9.30 Å². The maximum absolute atomic E-state index is 13.3. The Morgan fingerprint density at radius 1 is 0.735 bits per heavy atom. The fourth-order valence-corrected chi connectivity index (χ4v) is 5.59. The Labute approximate surface area is 210 Å². The molecule has 0 fully saturated rings. The Balaban J connectivity index is 1.68. The van der Waals surface area contributed by atoms with E-state index in [1.54, 1.807) is 4.57 Å². The van der Waals surface area contributed by atoms with Gasteiger partial charge in [0.05, 0.1) is 22.1 Å². The van der Waals surface area contributed by atoms with Crippen molar-refractivity contribution < 1.29 is 9.53 Å². The molecule has 0 aliphatic rings. The number of nitrogens with zero attached hydrogens (tertiary/aromatic N) is 2. The summed E-state index contributed by atoms with van der Waals surface area (Å²) in [5.41, 5.74) is 4.53. The highest BCUT2D eigenvalue weighted by molar-refractivity contribution is 14.1. The summed E-state index contributed by atoms with van der Waals surface area (Å²) in [6, 6.07) is 29.4. The smallest absolute Gasteiger partial charge is 0.419 e. The summed E-state index contributed by atoms with van der Waals surface area (Å²) >= 11 is 2.30. The molecule has 5 heteroatoms. The van der Waals surface area contributed by atoms with Crippen LogP contribution < -0.4 is 0 Å². The Hall–Kier alpha value is -3.32. The molecule has 0 saturated carbocycles. The second-order valence-corrected chi connectivity index (χ2v) is 10.7. The van der Waals surface area contributed by atoms with Crippen molar-refractivity contribution in [1.82, 2.24) is 9.13 Å². The largest absolute Gasteiger partial charge is 0.443 e. The van der Waals surface area contributed by atoms with E-state index in [-0.39, 0.29) is 6.09 Å². The third kappa shape index (κ3) is 3.21. The lowest BCUT2D eigenvalue weighted by atomic mass is 10.1. The summed E-state index contributed by atoms with van der Waals surface area (Å²) in [6.07, 6.45) is -0.360. The van der Waals surface area contributed by atoms with Crippen LogP contribution in [0.3, 0.4) is 0 Å². The molecular weight excluding hydrogens is 535 g/mol. The fourth-order valence-electron chi connectivity index (χ4n) is 4.85. The van der Waals surface area contributed by atoms with Crippen molar-refractivity contribution in [3.63, 3.8) is 0 Å². The highest BCUT2D eigenvalue weighted by Crippen LogP contribution is 2.37. The van der Waals surface area contributed by atoms with E-state index >= 15 is 0 Å². The number of hydrogen-bond acceptors (Lipinski definition) is 2. The molecule has 6 rings (SSSR count). The summed E-state index contributed by atoms with van der Waals surface area (Å²) in [5.74, 6) is 0. The number of ether oxygens (including phenoxy) is 1. The van der Waals surface area contributed by atoms with Crippen LogP contribution in [0.1, 0.15) is 20.8 Å². The van der Waals surface area contributed by atoms with E-state index in [4.69, 9.17) is 4.74 Å². The molecule has 0 amide bonds. The number of fused-ring (bicyclic) bond motifs is 6. The van der Waals surface area contributed by atoms with Crippen molar-refractivity contribution in [2.24, 2.45) is 0 Å². The zero-order valence-electron chi connectivity index (χ0n) is 19.2. The van der Waals surface area contributed by atoms with Gasteiger partial charge in [0.15, 0.2) is 0 Å². The van der Waals surface area contributed by atoms with Gasteiger partial charge in [-0.15, -0.1) is 0 Å². The van der Waals surface area contributed by atoms with Crippen molar-refractivity contribution in [2.75, 3.05) is 0 Å². The summed E-state index contributed by atoms with van der Waals surface area (Å²) in [7, 11) is 0. The van der Waals surface area contributed by atoms with Gasteiger partial charge in [-0.3, -0.25) is 0 Å². The zero-order chi connectivity index (χ0) is 23.6. The molecule has 4 nitrogen and oxygen atoms in total. The number of rotatable bonds is 1. The first-order chi connectivity index (χ1) is 16.3. The number of carbonyl (C=O) groups excluding carboxylic acids is 1. The Morgan fingerprint density at radius 3 is 2.00 bits per heavy atom. The summed E-state index contributed by atoms with van der Waals surface area (Å²) in [5, 5.41) is 4.52. The van der Waals surface area contributed by atoms with Gasteiger partial charge in [0.2, 0.25) is 0 Å². The second kappa shape index (κ2) is 7.60. The number of benzene rings is 4. The van der Waals surface area contributed by atoms with Crippen molar-refractivity contribution >= 4 is 72.3 Å². The predicted molar refractivity (Wildman–Crippen MR) is 148 cm³/mol. The monoisotopic (exact) mass is 558 g/mol. The molecule has 0 atom stereocenters. The minimum Gasteiger partial charge on any atom is -0.443 e. The summed E-state index contributed by atoms with van der Waals surface area (Å²) in [4.78, 5) is 13.3. The Bertz CT molecular complexity index is 1700. The molecule has 0 N–H and O–H groups in total. The molecule has 6 aromatic rings. The molecule has 0 radical (unpaired) electrons.